The molecule has 0 bridgehead atoms. The minimum Gasteiger partial charge on any atom is -0.346 e. The first kappa shape index (κ1) is 21.4. The van der Waals surface area contributed by atoms with Gasteiger partial charge in [-0.1, -0.05) is 41.9 Å². The second-order valence-corrected chi connectivity index (χ2v) is 7.65. The fourth-order valence-electron chi connectivity index (χ4n) is 3.61. The zero-order valence-electron chi connectivity index (χ0n) is 16.4. The van der Waals surface area contributed by atoms with Crippen LogP contribution in [0.25, 0.3) is 11.3 Å². The Morgan fingerprint density at radius 3 is 2.61 bits per heavy atom. The van der Waals surface area contributed by atoms with Gasteiger partial charge in [-0.2, -0.15) is 18.3 Å². The Bertz CT molecular complexity index is 1100. The van der Waals surface area contributed by atoms with Crippen molar-refractivity contribution in [3.63, 3.8) is 0 Å². The van der Waals surface area contributed by atoms with Gasteiger partial charge in [0.1, 0.15) is 0 Å². The van der Waals surface area contributed by atoms with Crippen LogP contribution in [0.5, 0.6) is 0 Å². The number of aromatic nitrogens is 2. The average molecular weight is 450 g/mol. The van der Waals surface area contributed by atoms with Crippen molar-refractivity contribution in [2.45, 2.75) is 18.3 Å². The van der Waals surface area contributed by atoms with Crippen LogP contribution in [0.2, 0.25) is 5.02 Å². The quantitative estimate of drug-likeness (QED) is 0.568. The standard InChI is InChI=1S/C21H19ClF3N5O/c1-30-8-7-17(29-30)13-9-14(16(22)10-15(13)21(23,24)25)20(31)27-18-11-26-28-19(18)12-5-3-2-4-6-12/h2-10,18-19,26,28H,11H2,1H3,(H,27,31). The van der Waals surface area contributed by atoms with E-state index in [4.69, 9.17) is 11.6 Å². The summed E-state index contributed by atoms with van der Waals surface area (Å²) in [6.07, 6.45) is -3.12. The number of hydrazine groups is 1. The molecule has 31 heavy (non-hydrogen) atoms. The smallest absolute Gasteiger partial charge is 0.346 e. The number of nitrogens with zero attached hydrogens (tertiary/aromatic N) is 2. The predicted molar refractivity (Wildman–Crippen MR) is 110 cm³/mol. The highest BCUT2D eigenvalue weighted by atomic mass is 35.5. The Kier molecular flexibility index (Phi) is 5.74. The molecular formula is C21H19ClF3N5O. The number of benzene rings is 2. The first-order chi connectivity index (χ1) is 14.7. The van der Waals surface area contributed by atoms with Gasteiger partial charge in [-0.3, -0.25) is 14.9 Å². The minimum atomic E-state index is -4.65. The summed E-state index contributed by atoms with van der Waals surface area (Å²) in [6.45, 7) is 0.441. The van der Waals surface area contributed by atoms with E-state index in [1.807, 2.05) is 30.3 Å². The summed E-state index contributed by atoms with van der Waals surface area (Å²) in [5, 5.41) is 6.66. The van der Waals surface area contributed by atoms with Crippen LogP contribution in [0, 0.1) is 0 Å². The van der Waals surface area contributed by atoms with E-state index < -0.39 is 17.6 Å². The van der Waals surface area contributed by atoms with Gasteiger partial charge in [0.2, 0.25) is 0 Å². The van der Waals surface area contributed by atoms with Crippen LogP contribution >= 0.6 is 11.6 Å². The van der Waals surface area contributed by atoms with E-state index in [1.165, 1.54) is 16.9 Å². The van der Waals surface area contributed by atoms with Crippen molar-refractivity contribution in [1.29, 1.82) is 0 Å². The summed E-state index contributed by atoms with van der Waals surface area (Å²) in [6, 6.07) is 12.4. The zero-order chi connectivity index (χ0) is 22.2. The van der Waals surface area contributed by atoms with Crippen LogP contribution in [0.4, 0.5) is 13.2 Å². The summed E-state index contributed by atoms with van der Waals surface area (Å²) >= 11 is 6.12. The number of amides is 1. The molecule has 1 amide bonds. The van der Waals surface area contributed by atoms with Crippen LogP contribution in [-0.4, -0.2) is 28.3 Å². The number of carbonyl (C=O) groups is 1. The Balaban J connectivity index is 1.67. The molecule has 2 atom stereocenters. The summed E-state index contributed by atoms with van der Waals surface area (Å²) in [5.41, 5.74) is 5.98. The van der Waals surface area contributed by atoms with Gasteiger partial charge < -0.3 is 5.32 Å². The lowest BCUT2D eigenvalue weighted by Crippen LogP contribution is -2.40. The number of halogens is 4. The van der Waals surface area contributed by atoms with E-state index >= 15 is 0 Å². The molecular weight excluding hydrogens is 431 g/mol. The Morgan fingerprint density at radius 1 is 1.23 bits per heavy atom. The third-order valence-electron chi connectivity index (χ3n) is 5.10. The number of carbonyl (C=O) groups excluding carboxylic acids is 1. The highest BCUT2D eigenvalue weighted by molar-refractivity contribution is 6.34. The summed E-state index contributed by atoms with van der Waals surface area (Å²) in [7, 11) is 1.60. The maximum atomic E-state index is 13.6. The van der Waals surface area contributed by atoms with Crippen LogP contribution in [0.3, 0.4) is 0 Å². The number of rotatable bonds is 4. The lowest BCUT2D eigenvalue weighted by Gasteiger charge is -2.21. The van der Waals surface area contributed by atoms with E-state index in [9.17, 15) is 18.0 Å². The second-order valence-electron chi connectivity index (χ2n) is 7.24. The molecule has 1 aliphatic heterocycles. The molecule has 162 valence electrons. The Hall–Kier alpha value is -2.88. The fraction of sp³-hybridized carbons (Fsp3) is 0.238. The van der Waals surface area contributed by atoms with E-state index in [0.717, 1.165) is 17.7 Å². The molecule has 2 unspecified atom stereocenters. The van der Waals surface area contributed by atoms with Crippen molar-refractivity contribution < 1.29 is 18.0 Å². The van der Waals surface area contributed by atoms with Crippen LogP contribution < -0.4 is 16.2 Å². The maximum absolute atomic E-state index is 13.6. The average Bonchev–Trinajstić information content (AvgIpc) is 3.36. The molecule has 0 radical (unpaired) electrons. The molecule has 2 heterocycles. The van der Waals surface area contributed by atoms with E-state index in [2.05, 4.69) is 21.3 Å². The third-order valence-corrected chi connectivity index (χ3v) is 5.42. The van der Waals surface area contributed by atoms with Crippen molar-refractivity contribution in [2.24, 2.45) is 7.05 Å². The Morgan fingerprint density at radius 2 is 1.97 bits per heavy atom. The molecule has 4 rings (SSSR count). The molecule has 1 aromatic heterocycles. The molecule has 10 heteroatoms. The summed E-state index contributed by atoms with van der Waals surface area (Å²) in [5.74, 6) is -0.563. The number of hydrogen-bond donors (Lipinski definition) is 3. The first-order valence-corrected chi connectivity index (χ1v) is 9.87. The molecule has 3 aromatic rings. The number of hydrogen-bond acceptors (Lipinski definition) is 4. The fourth-order valence-corrected chi connectivity index (χ4v) is 3.86. The topological polar surface area (TPSA) is 71.0 Å². The van der Waals surface area contributed by atoms with Crippen LogP contribution in [-0.2, 0) is 13.2 Å². The lowest BCUT2D eigenvalue weighted by atomic mass is 9.98. The van der Waals surface area contributed by atoms with Gasteiger partial charge in [0.05, 0.1) is 33.9 Å². The molecule has 1 saturated heterocycles. The lowest BCUT2D eigenvalue weighted by molar-refractivity contribution is -0.137. The van der Waals surface area contributed by atoms with Crippen LogP contribution in [0.1, 0.15) is 27.5 Å². The molecule has 0 saturated carbocycles. The van der Waals surface area contributed by atoms with Crippen molar-refractivity contribution in [3.8, 4) is 11.3 Å². The highest BCUT2D eigenvalue weighted by Crippen LogP contribution is 2.39. The van der Waals surface area contributed by atoms with Gasteiger partial charge in [-0.05, 0) is 23.8 Å². The summed E-state index contributed by atoms with van der Waals surface area (Å²) in [4.78, 5) is 13.0. The molecule has 0 aliphatic carbocycles. The largest absolute Gasteiger partial charge is 0.417 e. The van der Waals surface area contributed by atoms with Gasteiger partial charge in [0.15, 0.2) is 0 Å². The normalized spacial score (nSPS) is 18.9. The van der Waals surface area contributed by atoms with Crippen molar-refractivity contribution in [3.05, 3.63) is 76.4 Å². The Labute approximate surface area is 181 Å². The molecule has 3 N–H and O–H groups in total. The molecule has 0 spiro atoms. The minimum absolute atomic E-state index is 0.0472. The van der Waals surface area contributed by atoms with Crippen molar-refractivity contribution in [1.82, 2.24) is 25.9 Å². The van der Waals surface area contributed by atoms with Crippen molar-refractivity contribution in [2.75, 3.05) is 6.54 Å². The predicted octanol–water partition coefficient (Wildman–Crippen LogP) is 3.71. The van der Waals surface area contributed by atoms with Crippen LogP contribution in [0.15, 0.2) is 54.7 Å². The van der Waals surface area contributed by atoms with Gasteiger partial charge in [-0.15, -0.1) is 0 Å². The van der Waals surface area contributed by atoms with Gasteiger partial charge >= 0.3 is 6.18 Å². The second kappa shape index (κ2) is 8.33. The number of nitrogens with one attached hydrogen (secondary N) is 3. The SMILES string of the molecule is Cn1ccc(-c2cc(C(=O)NC3CNNC3c3ccccc3)c(Cl)cc2C(F)(F)F)n1. The third kappa shape index (κ3) is 4.43. The molecule has 6 nitrogen and oxygen atoms in total. The number of aryl methyl sites for hydroxylation is 1. The highest BCUT2D eigenvalue weighted by Gasteiger charge is 2.36. The molecule has 1 fully saturated rings. The van der Waals surface area contributed by atoms with Gasteiger partial charge in [0.25, 0.3) is 5.91 Å². The molecule has 1 aliphatic rings. The van der Waals surface area contributed by atoms with E-state index in [0.29, 0.717) is 6.54 Å². The first-order valence-electron chi connectivity index (χ1n) is 9.49. The van der Waals surface area contributed by atoms with E-state index in [-0.39, 0.29) is 33.9 Å². The van der Waals surface area contributed by atoms with E-state index in [1.54, 1.807) is 7.05 Å². The maximum Gasteiger partial charge on any atom is 0.417 e. The molecule has 2 aromatic carbocycles. The van der Waals surface area contributed by atoms with Gasteiger partial charge in [-0.25, -0.2) is 5.43 Å². The number of alkyl halides is 3. The van der Waals surface area contributed by atoms with Gasteiger partial charge in [0, 0.05) is 25.4 Å². The zero-order valence-corrected chi connectivity index (χ0v) is 17.1. The van der Waals surface area contributed by atoms with Crippen molar-refractivity contribution >= 4 is 17.5 Å². The monoisotopic (exact) mass is 449 g/mol. The summed E-state index contributed by atoms with van der Waals surface area (Å²) < 4.78 is 42.2.